The Morgan fingerprint density at radius 1 is 1.08 bits per heavy atom. The standard InChI is InChI=1S/C18H24N6O/c19-8-3-5-18(25)22-16-7-6-15(14-21-16)23-10-12-24(13-11-23)17-4-1-2-9-20-17/h1-2,4,6-7,9,14H,3,5,8,10-13,19H2,(H,21,22,25). The van der Waals surface area contributed by atoms with E-state index in [4.69, 9.17) is 5.73 Å². The minimum absolute atomic E-state index is 0.0466. The average molecular weight is 340 g/mol. The molecule has 3 heterocycles. The fourth-order valence-corrected chi connectivity index (χ4v) is 2.85. The maximum Gasteiger partial charge on any atom is 0.225 e. The fraction of sp³-hybridized carbons (Fsp3) is 0.389. The molecule has 7 nitrogen and oxygen atoms in total. The molecule has 7 heteroatoms. The summed E-state index contributed by atoms with van der Waals surface area (Å²) in [5.74, 6) is 1.56. The molecular formula is C18H24N6O. The van der Waals surface area contributed by atoms with Crippen molar-refractivity contribution in [3.05, 3.63) is 42.7 Å². The number of nitrogens with two attached hydrogens (primary N) is 1. The molecule has 1 aliphatic rings. The molecule has 0 aliphatic carbocycles. The Morgan fingerprint density at radius 2 is 1.88 bits per heavy atom. The number of pyridine rings is 2. The molecular weight excluding hydrogens is 316 g/mol. The molecule has 2 aromatic rings. The van der Waals surface area contributed by atoms with E-state index < -0.39 is 0 Å². The maximum absolute atomic E-state index is 11.7. The molecule has 132 valence electrons. The summed E-state index contributed by atoms with van der Waals surface area (Å²) in [7, 11) is 0. The summed E-state index contributed by atoms with van der Waals surface area (Å²) in [6.07, 6.45) is 4.75. The van der Waals surface area contributed by atoms with Gasteiger partial charge in [-0.25, -0.2) is 9.97 Å². The van der Waals surface area contributed by atoms with Gasteiger partial charge in [0.25, 0.3) is 0 Å². The third-order valence-corrected chi connectivity index (χ3v) is 4.24. The second-order valence-electron chi connectivity index (χ2n) is 6.00. The molecule has 0 saturated carbocycles. The number of hydrogen-bond acceptors (Lipinski definition) is 6. The molecule has 0 unspecified atom stereocenters. The van der Waals surface area contributed by atoms with E-state index in [1.165, 1.54) is 0 Å². The van der Waals surface area contributed by atoms with Crippen LogP contribution in [0.5, 0.6) is 0 Å². The number of piperazine rings is 1. The van der Waals surface area contributed by atoms with Crippen LogP contribution >= 0.6 is 0 Å². The van der Waals surface area contributed by atoms with Gasteiger partial charge in [0, 0.05) is 38.8 Å². The van der Waals surface area contributed by atoms with Crippen LogP contribution in [-0.4, -0.2) is 48.6 Å². The van der Waals surface area contributed by atoms with Crippen LogP contribution in [0.15, 0.2) is 42.7 Å². The third-order valence-electron chi connectivity index (χ3n) is 4.24. The molecule has 25 heavy (non-hydrogen) atoms. The molecule has 1 amide bonds. The lowest BCUT2D eigenvalue weighted by atomic mass is 10.2. The molecule has 1 aliphatic heterocycles. The molecule has 0 radical (unpaired) electrons. The second kappa shape index (κ2) is 8.43. The molecule has 3 rings (SSSR count). The van der Waals surface area contributed by atoms with Gasteiger partial charge in [-0.15, -0.1) is 0 Å². The van der Waals surface area contributed by atoms with E-state index in [9.17, 15) is 4.79 Å². The summed E-state index contributed by atoms with van der Waals surface area (Å²) in [6.45, 7) is 4.20. The number of nitrogens with one attached hydrogen (secondary N) is 1. The van der Waals surface area contributed by atoms with Gasteiger partial charge >= 0.3 is 0 Å². The highest BCUT2D eigenvalue weighted by Crippen LogP contribution is 2.19. The molecule has 0 bridgehead atoms. The lowest BCUT2D eigenvalue weighted by Gasteiger charge is -2.36. The van der Waals surface area contributed by atoms with Gasteiger partial charge in [-0.05, 0) is 37.2 Å². The molecule has 2 aromatic heterocycles. The molecule has 0 atom stereocenters. The van der Waals surface area contributed by atoms with Gasteiger partial charge in [-0.1, -0.05) is 6.07 Å². The van der Waals surface area contributed by atoms with Crippen molar-refractivity contribution in [2.75, 3.05) is 47.8 Å². The van der Waals surface area contributed by atoms with E-state index in [-0.39, 0.29) is 5.91 Å². The Labute approximate surface area is 147 Å². The summed E-state index contributed by atoms with van der Waals surface area (Å²) >= 11 is 0. The van der Waals surface area contributed by atoms with Crippen molar-refractivity contribution >= 4 is 23.2 Å². The van der Waals surface area contributed by atoms with Crippen LogP contribution in [0.2, 0.25) is 0 Å². The first-order valence-electron chi connectivity index (χ1n) is 8.63. The Hall–Kier alpha value is -2.67. The molecule has 1 fully saturated rings. The highest BCUT2D eigenvalue weighted by molar-refractivity contribution is 5.89. The fourth-order valence-electron chi connectivity index (χ4n) is 2.85. The Balaban J connectivity index is 1.52. The quantitative estimate of drug-likeness (QED) is 0.828. The normalized spacial score (nSPS) is 14.4. The van der Waals surface area contributed by atoms with Crippen molar-refractivity contribution in [3.8, 4) is 0 Å². The van der Waals surface area contributed by atoms with Gasteiger partial charge in [0.15, 0.2) is 0 Å². The van der Waals surface area contributed by atoms with Crippen molar-refractivity contribution in [2.45, 2.75) is 12.8 Å². The number of rotatable bonds is 6. The van der Waals surface area contributed by atoms with Gasteiger partial charge in [0.05, 0.1) is 11.9 Å². The minimum atomic E-state index is -0.0466. The van der Waals surface area contributed by atoms with Crippen molar-refractivity contribution in [1.29, 1.82) is 0 Å². The zero-order chi connectivity index (χ0) is 17.5. The lowest BCUT2D eigenvalue weighted by molar-refractivity contribution is -0.116. The number of amides is 1. The van der Waals surface area contributed by atoms with Crippen LogP contribution < -0.4 is 20.9 Å². The smallest absolute Gasteiger partial charge is 0.225 e. The Bertz CT molecular complexity index is 668. The minimum Gasteiger partial charge on any atom is -0.367 e. The van der Waals surface area contributed by atoms with Gasteiger partial charge in [-0.2, -0.15) is 0 Å². The number of carbonyl (C=O) groups is 1. The molecule has 0 aromatic carbocycles. The van der Waals surface area contributed by atoms with E-state index in [1.54, 1.807) is 0 Å². The van der Waals surface area contributed by atoms with Gasteiger partial charge < -0.3 is 20.9 Å². The van der Waals surface area contributed by atoms with Crippen LogP contribution in [0.1, 0.15) is 12.8 Å². The molecule has 0 spiro atoms. The Morgan fingerprint density at radius 3 is 2.52 bits per heavy atom. The molecule has 3 N–H and O–H groups in total. The summed E-state index contributed by atoms with van der Waals surface area (Å²) in [5, 5.41) is 2.79. The topological polar surface area (TPSA) is 87.4 Å². The summed E-state index contributed by atoms with van der Waals surface area (Å²) in [5.41, 5.74) is 6.48. The average Bonchev–Trinajstić information content (AvgIpc) is 2.68. The van der Waals surface area contributed by atoms with Gasteiger partial charge in [-0.3, -0.25) is 4.79 Å². The van der Waals surface area contributed by atoms with Crippen molar-refractivity contribution in [1.82, 2.24) is 9.97 Å². The van der Waals surface area contributed by atoms with E-state index >= 15 is 0 Å². The highest BCUT2D eigenvalue weighted by atomic mass is 16.1. The summed E-state index contributed by atoms with van der Waals surface area (Å²) < 4.78 is 0. The predicted octanol–water partition coefficient (Wildman–Crippen LogP) is 1.48. The number of aromatic nitrogens is 2. The van der Waals surface area contributed by atoms with Crippen LogP contribution in [0.4, 0.5) is 17.3 Å². The monoisotopic (exact) mass is 340 g/mol. The van der Waals surface area contributed by atoms with E-state index in [0.717, 1.165) is 37.7 Å². The maximum atomic E-state index is 11.7. The second-order valence-corrected chi connectivity index (χ2v) is 6.00. The van der Waals surface area contributed by atoms with Gasteiger partial charge in [0.2, 0.25) is 5.91 Å². The SMILES string of the molecule is NCCCC(=O)Nc1ccc(N2CCN(c3ccccn3)CC2)cn1. The number of hydrogen-bond donors (Lipinski definition) is 2. The zero-order valence-corrected chi connectivity index (χ0v) is 14.3. The largest absolute Gasteiger partial charge is 0.367 e. The summed E-state index contributed by atoms with van der Waals surface area (Å²) in [6, 6.07) is 9.84. The summed E-state index contributed by atoms with van der Waals surface area (Å²) in [4.78, 5) is 25.0. The van der Waals surface area contributed by atoms with Crippen LogP contribution in [-0.2, 0) is 4.79 Å². The van der Waals surface area contributed by atoms with Crippen molar-refractivity contribution < 1.29 is 4.79 Å². The first-order chi connectivity index (χ1) is 12.3. The lowest BCUT2D eigenvalue weighted by Crippen LogP contribution is -2.46. The predicted molar refractivity (Wildman–Crippen MR) is 99.8 cm³/mol. The van der Waals surface area contributed by atoms with E-state index in [1.807, 2.05) is 42.7 Å². The van der Waals surface area contributed by atoms with E-state index in [0.29, 0.717) is 25.2 Å². The van der Waals surface area contributed by atoms with Gasteiger partial charge in [0.1, 0.15) is 11.6 Å². The zero-order valence-electron chi connectivity index (χ0n) is 14.3. The number of nitrogens with zero attached hydrogens (tertiary/aromatic N) is 4. The van der Waals surface area contributed by atoms with E-state index in [2.05, 4.69) is 25.1 Å². The third kappa shape index (κ3) is 4.67. The van der Waals surface area contributed by atoms with Crippen molar-refractivity contribution in [2.24, 2.45) is 5.73 Å². The van der Waals surface area contributed by atoms with Crippen LogP contribution in [0.3, 0.4) is 0 Å². The number of anilines is 3. The first kappa shape index (κ1) is 17.2. The Kier molecular flexibility index (Phi) is 5.79. The van der Waals surface area contributed by atoms with Crippen LogP contribution in [0.25, 0.3) is 0 Å². The van der Waals surface area contributed by atoms with Crippen LogP contribution in [0, 0.1) is 0 Å². The van der Waals surface area contributed by atoms with Crippen molar-refractivity contribution in [3.63, 3.8) is 0 Å². The highest BCUT2D eigenvalue weighted by Gasteiger charge is 2.18. The first-order valence-corrected chi connectivity index (χ1v) is 8.63. The number of carbonyl (C=O) groups excluding carboxylic acids is 1. The molecule has 1 saturated heterocycles.